The predicted molar refractivity (Wildman–Crippen MR) is 117 cm³/mol. The van der Waals surface area contributed by atoms with Crippen LogP contribution in [-0.4, -0.2) is 28.8 Å². The van der Waals surface area contributed by atoms with Gasteiger partial charge in [0, 0.05) is 5.71 Å². The lowest BCUT2D eigenvalue weighted by atomic mass is 9.97. The molecule has 0 heterocycles. The van der Waals surface area contributed by atoms with Gasteiger partial charge in [-0.3, -0.25) is 4.99 Å². The van der Waals surface area contributed by atoms with Gasteiger partial charge in [0.15, 0.2) is 6.29 Å². The largest absolute Gasteiger partial charge is 0.488 e. The van der Waals surface area contributed by atoms with Gasteiger partial charge in [-0.05, 0) is 66.1 Å². The van der Waals surface area contributed by atoms with Gasteiger partial charge in [-0.15, -0.1) is 0 Å². The van der Waals surface area contributed by atoms with E-state index in [2.05, 4.69) is 61.5 Å². The van der Waals surface area contributed by atoms with Gasteiger partial charge >= 0.3 is 0 Å². The lowest BCUT2D eigenvalue weighted by Crippen LogP contribution is -2.15. The monoisotopic (exact) mass is 389 g/mol. The predicted octanol–water partition coefficient (Wildman–Crippen LogP) is 5.00. The summed E-state index contributed by atoms with van der Waals surface area (Å²) in [6.07, 6.45) is 1.68. The fourth-order valence-electron chi connectivity index (χ4n) is 4.20. The summed E-state index contributed by atoms with van der Waals surface area (Å²) in [6, 6.07) is 23.0. The second-order valence-corrected chi connectivity index (χ2v) is 7.74. The number of ether oxygens (including phenoxy) is 1. The zero-order valence-electron chi connectivity index (χ0n) is 16.7. The van der Waals surface area contributed by atoms with Crippen LogP contribution < -0.4 is 4.74 Å². The fourth-order valence-corrected chi connectivity index (χ4v) is 4.20. The van der Waals surface area contributed by atoms with E-state index in [9.17, 15) is 0 Å². The van der Waals surface area contributed by atoms with Crippen molar-refractivity contribution < 1.29 is 14.9 Å². The van der Waals surface area contributed by atoms with Crippen molar-refractivity contribution in [1.29, 1.82) is 0 Å². The number of aliphatic hydroxyl groups excluding tert-OH is 1. The Hall–Kier alpha value is -2.69. The molecule has 4 heteroatoms. The third kappa shape index (κ3) is 4.66. The Kier molecular flexibility index (Phi) is 5.93. The molecule has 2 N–H and O–H groups in total. The van der Waals surface area contributed by atoms with E-state index >= 15 is 0 Å². The van der Waals surface area contributed by atoms with Crippen LogP contribution in [0.4, 0.5) is 0 Å². The van der Waals surface area contributed by atoms with Gasteiger partial charge < -0.3 is 14.9 Å². The van der Waals surface area contributed by atoms with Crippen LogP contribution in [0.1, 0.15) is 49.3 Å². The van der Waals surface area contributed by atoms with E-state index in [1.54, 1.807) is 0 Å². The van der Waals surface area contributed by atoms with Gasteiger partial charge in [-0.25, -0.2) is 0 Å². The summed E-state index contributed by atoms with van der Waals surface area (Å²) < 4.78 is 5.32. The average molecular weight is 389 g/mol. The molecule has 0 amide bonds. The van der Waals surface area contributed by atoms with Crippen LogP contribution in [0, 0.1) is 0 Å². The van der Waals surface area contributed by atoms with Gasteiger partial charge in [0.05, 0.1) is 6.04 Å². The number of aliphatic hydroxyl groups is 2. The number of benzene rings is 3. The molecule has 1 aliphatic carbocycles. The maximum Gasteiger partial charge on any atom is 0.186 e. The molecule has 29 heavy (non-hydrogen) atoms. The van der Waals surface area contributed by atoms with E-state index in [0.29, 0.717) is 11.7 Å². The molecule has 1 saturated carbocycles. The Balaban J connectivity index is 1.44. The van der Waals surface area contributed by atoms with Gasteiger partial charge in [-0.1, -0.05) is 54.6 Å². The maximum atomic E-state index is 8.90. The molecule has 0 saturated heterocycles. The number of aliphatic imine (C=N–C) groups is 1. The summed E-state index contributed by atoms with van der Waals surface area (Å²) >= 11 is 0. The topological polar surface area (TPSA) is 62.0 Å². The van der Waals surface area contributed by atoms with Crippen molar-refractivity contribution in [2.45, 2.75) is 44.4 Å². The van der Waals surface area contributed by atoms with Crippen LogP contribution in [0.15, 0.2) is 71.7 Å². The minimum atomic E-state index is -1.45. The Bertz CT molecular complexity index is 989. The first-order valence-electron chi connectivity index (χ1n) is 10.2. The highest BCUT2D eigenvalue weighted by molar-refractivity contribution is 5.89. The average Bonchev–Trinajstić information content (AvgIpc) is 3.20. The first-order valence-corrected chi connectivity index (χ1v) is 10.2. The number of fused-ring (bicyclic) bond motifs is 1. The molecular weight excluding hydrogens is 362 g/mol. The quantitative estimate of drug-likeness (QED) is 0.583. The van der Waals surface area contributed by atoms with Crippen molar-refractivity contribution in [1.82, 2.24) is 0 Å². The molecule has 2 atom stereocenters. The van der Waals surface area contributed by atoms with Crippen LogP contribution >= 0.6 is 0 Å². The number of hydrogen-bond acceptors (Lipinski definition) is 4. The molecule has 3 aromatic rings. The van der Waals surface area contributed by atoms with Crippen molar-refractivity contribution in [3.63, 3.8) is 0 Å². The summed E-state index contributed by atoms with van der Waals surface area (Å²) in [4.78, 5) is 5.07. The molecule has 4 rings (SSSR count). The van der Waals surface area contributed by atoms with Gasteiger partial charge in [0.1, 0.15) is 12.4 Å². The van der Waals surface area contributed by atoms with Crippen molar-refractivity contribution >= 4 is 16.5 Å². The van der Waals surface area contributed by atoms with Crippen LogP contribution in [0.2, 0.25) is 0 Å². The minimum Gasteiger partial charge on any atom is -0.488 e. The number of hydrogen-bond donors (Lipinski definition) is 2. The van der Waals surface area contributed by atoms with E-state index in [1.807, 2.05) is 12.1 Å². The second kappa shape index (κ2) is 8.76. The Morgan fingerprint density at radius 3 is 2.55 bits per heavy atom. The van der Waals surface area contributed by atoms with Crippen molar-refractivity contribution in [3.8, 4) is 5.75 Å². The van der Waals surface area contributed by atoms with Gasteiger partial charge in [0.25, 0.3) is 0 Å². The first kappa shape index (κ1) is 19.6. The van der Waals surface area contributed by atoms with Crippen LogP contribution in [-0.2, 0) is 0 Å². The molecular formula is C25H27NO3. The number of rotatable bonds is 6. The second-order valence-electron chi connectivity index (χ2n) is 7.74. The fraction of sp³-hybridized carbons (Fsp3) is 0.320. The number of nitrogens with zero attached hydrogens (tertiary/aromatic N) is 1. The molecule has 0 aliphatic heterocycles. The van der Waals surface area contributed by atoms with Crippen LogP contribution in [0.5, 0.6) is 5.75 Å². The maximum absolute atomic E-state index is 8.90. The molecule has 0 radical (unpaired) electrons. The van der Waals surface area contributed by atoms with E-state index in [-0.39, 0.29) is 12.6 Å². The standard InChI is InChI=1S/C25H27NO3/c1-17(23-8-4-6-19-5-2-3-7-24(19)23)26-21-12-9-20(15-21)18-10-13-22(14-11-18)29-16-25(27)28/h2-8,10-11,13-14,17,20,25,27-28H,9,12,15-16H2,1H3/t17-,20?/m1/s1. The summed E-state index contributed by atoms with van der Waals surface area (Å²) in [5.74, 6) is 1.13. The first-order chi connectivity index (χ1) is 14.1. The normalized spacial score (nSPS) is 19.2. The SMILES string of the molecule is C[C@@H](N=C1CCC(c2ccc(OCC(O)O)cc2)C1)c1cccc2ccccc12. The van der Waals surface area contributed by atoms with E-state index in [1.165, 1.54) is 27.6 Å². The summed E-state index contributed by atoms with van der Waals surface area (Å²) in [7, 11) is 0. The Morgan fingerprint density at radius 2 is 1.76 bits per heavy atom. The van der Waals surface area contributed by atoms with E-state index < -0.39 is 6.29 Å². The highest BCUT2D eigenvalue weighted by Crippen LogP contribution is 2.35. The molecule has 1 fully saturated rings. The Labute approximate surface area is 171 Å². The van der Waals surface area contributed by atoms with Crippen LogP contribution in [0.25, 0.3) is 10.8 Å². The molecule has 0 aromatic heterocycles. The third-order valence-electron chi connectivity index (χ3n) is 5.66. The molecule has 0 spiro atoms. The zero-order chi connectivity index (χ0) is 20.2. The highest BCUT2D eigenvalue weighted by atomic mass is 16.5. The van der Waals surface area contributed by atoms with Crippen LogP contribution in [0.3, 0.4) is 0 Å². The van der Waals surface area contributed by atoms with Gasteiger partial charge in [0.2, 0.25) is 0 Å². The molecule has 150 valence electrons. The lowest BCUT2D eigenvalue weighted by molar-refractivity contribution is -0.0680. The molecule has 4 nitrogen and oxygen atoms in total. The summed E-state index contributed by atoms with van der Waals surface area (Å²) in [5.41, 5.74) is 3.86. The van der Waals surface area contributed by atoms with E-state index in [4.69, 9.17) is 19.9 Å². The minimum absolute atomic E-state index is 0.119. The third-order valence-corrected chi connectivity index (χ3v) is 5.66. The molecule has 1 aliphatic rings. The summed E-state index contributed by atoms with van der Waals surface area (Å²) in [6.45, 7) is 2.06. The lowest BCUT2D eigenvalue weighted by Gasteiger charge is -2.13. The van der Waals surface area contributed by atoms with Crippen molar-refractivity contribution in [2.24, 2.45) is 4.99 Å². The summed E-state index contributed by atoms with van der Waals surface area (Å²) in [5, 5.41) is 20.3. The molecule has 3 aromatic carbocycles. The highest BCUT2D eigenvalue weighted by Gasteiger charge is 2.23. The zero-order valence-corrected chi connectivity index (χ0v) is 16.7. The smallest absolute Gasteiger partial charge is 0.186 e. The van der Waals surface area contributed by atoms with E-state index in [0.717, 1.165) is 19.3 Å². The van der Waals surface area contributed by atoms with Crippen molar-refractivity contribution in [3.05, 3.63) is 77.9 Å². The Morgan fingerprint density at radius 1 is 1.00 bits per heavy atom. The molecule has 1 unspecified atom stereocenters. The van der Waals surface area contributed by atoms with Gasteiger partial charge in [-0.2, -0.15) is 0 Å². The molecule has 0 bridgehead atoms. The van der Waals surface area contributed by atoms with Crippen molar-refractivity contribution in [2.75, 3.05) is 6.61 Å².